The van der Waals surface area contributed by atoms with Crippen LogP contribution in [0.5, 0.6) is 0 Å². The van der Waals surface area contributed by atoms with E-state index in [0.29, 0.717) is 0 Å². The van der Waals surface area contributed by atoms with Crippen molar-refractivity contribution in [3.8, 4) is 22.5 Å². The Morgan fingerprint density at radius 3 is 1.75 bits per heavy atom. The second-order valence-electron chi connectivity index (χ2n) is 5.15. The summed E-state index contributed by atoms with van der Waals surface area (Å²) in [6.45, 7) is 4.22. The Morgan fingerprint density at radius 2 is 1.15 bits per heavy atom. The van der Waals surface area contributed by atoms with Crippen LogP contribution in [-0.4, -0.2) is 4.98 Å². The maximum absolute atomic E-state index is 4.80. The summed E-state index contributed by atoms with van der Waals surface area (Å²) in [5.41, 5.74) is 6.88. The third-order valence-electron chi connectivity index (χ3n) is 3.39. The molecule has 0 radical (unpaired) electrons. The average molecular weight is 259 g/mol. The zero-order valence-corrected chi connectivity index (χ0v) is 11.8. The number of benzene rings is 2. The minimum Gasteiger partial charge on any atom is -0.248 e. The summed E-state index contributed by atoms with van der Waals surface area (Å²) in [4.78, 5) is 4.80. The van der Waals surface area contributed by atoms with E-state index in [-0.39, 0.29) is 0 Å². The standard InChI is InChI=1S/C19H17N/c1-14-8-10-17(11-9-14)19-13-15(2)12-18(20-19)16-6-4-3-5-7-16/h3-13H,1-2H3. The molecule has 0 unspecified atom stereocenters. The van der Waals surface area contributed by atoms with Crippen LogP contribution in [0.15, 0.2) is 66.7 Å². The molecule has 98 valence electrons. The molecule has 1 nitrogen and oxygen atoms in total. The summed E-state index contributed by atoms with van der Waals surface area (Å²) in [5, 5.41) is 0. The first-order chi connectivity index (χ1) is 9.72. The lowest BCUT2D eigenvalue weighted by Gasteiger charge is -2.07. The second-order valence-corrected chi connectivity index (χ2v) is 5.15. The maximum Gasteiger partial charge on any atom is 0.0712 e. The second kappa shape index (κ2) is 5.30. The van der Waals surface area contributed by atoms with Gasteiger partial charge in [0.05, 0.1) is 11.4 Å². The van der Waals surface area contributed by atoms with Crippen molar-refractivity contribution < 1.29 is 0 Å². The first-order valence-electron chi connectivity index (χ1n) is 6.83. The molecule has 0 fully saturated rings. The van der Waals surface area contributed by atoms with Crippen LogP contribution in [0.3, 0.4) is 0 Å². The Balaban J connectivity index is 2.09. The average Bonchev–Trinajstić information content (AvgIpc) is 2.48. The van der Waals surface area contributed by atoms with Crippen LogP contribution in [0.25, 0.3) is 22.5 Å². The molecule has 0 atom stereocenters. The molecule has 0 N–H and O–H groups in total. The third kappa shape index (κ3) is 2.62. The molecule has 0 saturated heterocycles. The van der Waals surface area contributed by atoms with Gasteiger partial charge in [0.1, 0.15) is 0 Å². The molecule has 1 heterocycles. The number of hydrogen-bond acceptors (Lipinski definition) is 1. The summed E-state index contributed by atoms with van der Waals surface area (Å²) in [6, 6.07) is 23.1. The molecule has 3 rings (SSSR count). The Labute approximate surface area is 119 Å². The van der Waals surface area contributed by atoms with Crippen molar-refractivity contribution in [2.24, 2.45) is 0 Å². The fraction of sp³-hybridized carbons (Fsp3) is 0.105. The molecule has 20 heavy (non-hydrogen) atoms. The van der Waals surface area contributed by atoms with Gasteiger partial charge in [-0.3, -0.25) is 0 Å². The van der Waals surface area contributed by atoms with Crippen molar-refractivity contribution >= 4 is 0 Å². The molecule has 1 heteroatoms. The molecule has 0 spiro atoms. The Hall–Kier alpha value is -2.41. The number of pyridine rings is 1. The van der Waals surface area contributed by atoms with E-state index in [0.717, 1.165) is 22.5 Å². The van der Waals surface area contributed by atoms with Gasteiger partial charge in [0.2, 0.25) is 0 Å². The van der Waals surface area contributed by atoms with Gasteiger partial charge in [-0.25, -0.2) is 4.98 Å². The predicted molar refractivity (Wildman–Crippen MR) is 84.6 cm³/mol. The van der Waals surface area contributed by atoms with Gasteiger partial charge >= 0.3 is 0 Å². The lowest BCUT2D eigenvalue weighted by molar-refractivity contribution is 1.28. The van der Waals surface area contributed by atoms with Crippen LogP contribution in [0, 0.1) is 13.8 Å². The number of aryl methyl sites for hydroxylation is 2. The monoisotopic (exact) mass is 259 g/mol. The highest BCUT2D eigenvalue weighted by Gasteiger charge is 2.05. The van der Waals surface area contributed by atoms with Crippen molar-refractivity contribution in [3.05, 3.63) is 77.9 Å². The van der Waals surface area contributed by atoms with Gasteiger partial charge in [-0.15, -0.1) is 0 Å². The molecule has 0 aliphatic rings. The topological polar surface area (TPSA) is 12.9 Å². The number of rotatable bonds is 2. The van der Waals surface area contributed by atoms with E-state index in [1.54, 1.807) is 0 Å². The first-order valence-corrected chi connectivity index (χ1v) is 6.83. The van der Waals surface area contributed by atoms with Gasteiger partial charge in [0, 0.05) is 11.1 Å². The zero-order chi connectivity index (χ0) is 13.9. The Morgan fingerprint density at radius 1 is 0.600 bits per heavy atom. The highest BCUT2D eigenvalue weighted by Crippen LogP contribution is 2.24. The van der Waals surface area contributed by atoms with Gasteiger partial charge < -0.3 is 0 Å². The van der Waals surface area contributed by atoms with E-state index >= 15 is 0 Å². The fourth-order valence-corrected chi connectivity index (χ4v) is 2.30. The molecule has 2 aromatic carbocycles. The SMILES string of the molecule is Cc1ccc(-c2cc(C)cc(-c3ccccc3)n2)cc1. The molecule has 0 bridgehead atoms. The zero-order valence-electron chi connectivity index (χ0n) is 11.8. The largest absolute Gasteiger partial charge is 0.248 e. The lowest BCUT2D eigenvalue weighted by Crippen LogP contribution is -1.90. The summed E-state index contributed by atoms with van der Waals surface area (Å²) >= 11 is 0. The van der Waals surface area contributed by atoms with Gasteiger partial charge in [0.15, 0.2) is 0 Å². The number of aromatic nitrogens is 1. The van der Waals surface area contributed by atoms with Gasteiger partial charge in [-0.2, -0.15) is 0 Å². The van der Waals surface area contributed by atoms with Gasteiger partial charge in [-0.05, 0) is 31.5 Å². The van der Waals surface area contributed by atoms with Crippen molar-refractivity contribution in [2.45, 2.75) is 13.8 Å². The third-order valence-corrected chi connectivity index (χ3v) is 3.39. The van der Waals surface area contributed by atoms with Crippen LogP contribution in [-0.2, 0) is 0 Å². The van der Waals surface area contributed by atoms with Crippen LogP contribution in [0.2, 0.25) is 0 Å². The minimum absolute atomic E-state index is 1.03. The molecule has 0 amide bonds. The van der Waals surface area contributed by atoms with Crippen molar-refractivity contribution in [3.63, 3.8) is 0 Å². The van der Waals surface area contributed by atoms with Gasteiger partial charge in [-0.1, -0.05) is 60.2 Å². The summed E-state index contributed by atoms with van der Waals surface area (Å²) in [7, 11) is 0. The van der Waals surface area contributed by atoms with Crippen LogP contribution in [0.4, 0.5) is 0 Å². The summed E-state index contributed by atoms with van der Waals surface area (Å²) in [5.74, 6) is 0. The summed E-state index contributed by atoms with van der Waals surface area (Å²) < 4.78 is 0. The van der Waals surface area contributed by atoms with Crippen LogP contribution < -0.4 is 0 Å². The lowest BCUT2D eigenvalue weighted by atomic mass is 10.0. The number of hydrogen-bond donors (Lipinski definition) is 0. The summed E-state index contributed by atoms with van der Waals surface area (Å²) in [6.07, 6.45) is 0. The van der Waals surface area contributed by atoms with Crippen LogP contribution in [0.1, 0.15) is 11.1 Å². The quantitative estimate of drug-likeness (QED) is 0.628. The number of nitrogens with zero attached hydrogens (tertiary/aromatic N) is 1. The smallest absolute Gasteiger partial charge is 0.0712 e. The molecular weight excluding hydrogens is 242 g/mol. The molecule has 0 saturated carbocycles. The Kier molecular flexibility index (Phi) is 3.34. The van der Waals surface area contributed by atoms with Crippen molar-refractivity contribution in [1.29, 1.82) is 0 Å². The highest BCUT2D eigenvalue weighted by molar-refractivity contribution is 5.67. The van der Waals surface area contributed by atoms with E-state index < -0.39 is 0 Å². The predicted octanol–water partition coefficient (Wildman–Crippen LogP) is 5.03. The van der Waals surface area contributed by atoms with Crippen LogP contribution >= 0.6 is 0 Å². The van der Waals surface area contributed by atoms with Gasteiger partial charge in [0.25, 0.3) is 0 Å². The normalized spacial score (nSPS) is 10.5. The first kappa shape index (κ1) is 12.6. The molecular formula is C19H17N. The highest BCUT2D eigenvalue weighted by atomic mass is 14.7. The van der Waals surface area contributed by atoms with E-state index in [1.807, 2.05) is 18.2 Å². The van der Waals surface area contributed by atoms with E-state index in [1.165, 1.54) is 11.1 Å². The molecule has 0 aliphatic carbocycles. The molecule has 0 aliphatic heterocycles. The van der Waals surface area contributed by atoms with Crippen molar-refractivity contribution in [1.82, 2.24) is 4.98 Å². The van der Waals surface area contributed by atoms with E-state index in [9.17, 15) is 0 Å². The fourth-order valence-electron chi connectivity index (χ4n) is 2.30. The molecule has 1 aromatic heterocycles. The van der Waals surface area contributed by atoms with E-state index in [4.69, 9.17) is 4.98 Å². The Bertz CT molecular complexity index is 713. The van der Waals surface area contributed by atoms with Crippen molar-refractivity contribution in [2.75, 3.05) is 0 Å². The maximum atomic E-state index is 4.80. The minimum atomic E-state index is 1.03. The van der Waals surface area contributed by atoms with E-state index in [2.05, 4.69) is 62.4 Å². The molecule has 3 aromatic rings.